The minimum absolute atomic E-state index is 0. The summed E-state index contributed by atoms with van der Waals surface area (Å²) in [5.41, 5.74) is 7.06. The molecule has 1 aromatic carbocycles. The molecule has 0 aliphatic heterocycles. The average molecular weight is 430 g/mol. The number of halogens is 1. The van der Waals surface area contributed by atoms with Gasteiger partial charge in [-0.1, -0.05) is 24.3 Å². The summed E-state index contributed by atoms with van der Waals surface area (Å²) >= 11 is 1.76. The smallest absolute Gasteiger partial charge is 0.188 e. The number of nitrogens with zero attached hydrogens (tertiary/aromatic N) is 2. The van der Waals surface area contributed by atoms with Crippen LogP contribution < -0.4 is 16.0 Å². The number of para-hydroxylation sites is 1. The van der Waals surface area contributed by atoms with Crippen LogP contribution in [-0.2, 0) is 6.42 Å². The maximum absolute atomic E-state index is 5.86. The molecular weight excluding hydrogens is 407 g/mol. The van der Waals surface area contributed by atoms with Crippen molar-refractivity contribution >= 4 is 47.0 Å². The second kappa shape index (κ2) is 10.4. The number of nitrogens with two attached hydrogens (primary N) is 1. The van der Waals surface area contributed by atoms with Crippen LogP contribution in [0.4, 0.5) is 5.69 Å². The molecule has 0 bridgehead atoms. The molecule has 3 N–H and O–H groups in total. The molecule has 0 saturated carbocycles. The summed E-state index contributed by atoms with van der Waals surface area (Å²) in [6, 6.07) is 14.5. The maximum Gasteiger partial charge on any atom is 0.188 e. The summed E-state index contributed by atoms with van der Waals surface area (Å²) < 4.78 is 0. The molecule has 0 unspecified atom stereocenters. The molecule has 0 aliphatic carbocycles. The van der Waals surface area contributed by atoms with Crippen molar-refractivity contribution in [1.82, 2.24) is 5.32 Å². The van der Waals surface area contributed by atoms with Crippen LogP contribution >= 0.6 is 35.3 Å². The SMILES string of the molecule is CN(CCNC(N)=NCCc1cccs1)c1ccccc1.I. The number of aliphatic imine (C=N–C) groups is 1. The zero-order valence-electron chi connectivity index (χ0n) is 12.7. The molecule has 0 fully saturated rings. The van der Waals surface area contributed by atoms with Crippen molar-refractivity contribution in [2.24, 2.45) is 10.7 Å². The Balaban J connectivity index is 0.00000242. The van der Waals surface area contributed by atoms with Gasteiger partial charge in [0.25, 0.3) is 0 Å². The lowest BCUT2D eigenvalue weighted by Gasteiger charge is -2.19. The highest BCUT2D eigenvalue weighted by Crippen LogP contribution is 2.10. The lowest BCUT2D eigenvalue weighted by molar-refractivity contribution is 0.811. The Morgan fingerprint density at radius 1 is 1.23 bits per heavy atom. The molecule has 2 aromatic rings. The molecule has 120 valence electrons. The first-order valence-corrected chi connectivity index (χ1v) is 7.96. The second-order valence-corrected chi connectivity index (χ2v) is 5.81. The first kappa shape index (κ1) is 18.8. The van der Waals surface area contributed by atoms with Crippen LogP contribution in [0.3, 0.4) is 0 Å². The van der Waals surface area contributed by atoms with Crippen LogP contribution in [0, 0.1) is 0 Å². The van der Waals surface area contributed by atoms with Gasteiger partial charge in [0, 0.05) is 43.7 Å². The third-order valence-electron chi connectivity index (χ3n) is 3.17. The average Bonchev–Trinajstić information content (AvgIpc) is 3.01. The van der Waals surface area contributed by atoms with Crippen LogP contribution in [0.1, 0.15) is 4.88 Å². The topological polar surface area (TPSA) is 53.6 Å². The number of hydrogen-bond acceptors (Lipinski definition) is 3. The van der Waals surface area contributed by atoms with Crippen molar-refractivity contribution in [2.45, 2.75) is 6.42 Å². The summed E-state index contributed by atoms with van der Waals surface area (Å²) in [7, 11) is 2.07. The van der Waals surface area contributed by atoms with E-state index < -0.39 is 0 Å². The van der Waals surface area contributed by atoms with Crippen LogP contribution in [0.25, 0.3) is 0 Å². The molecule has 0 saturated heterocycles. The van der Waals surface area contributed by atoms with E-state index in [1.165, 1.54) is 10.6 Å². The van der Waals surface area contributed by atoms with E-state index in [1.807, 2.05) is 18.2 Å². The molecule has 0 atom stereocenters. The number of nitrogens with one attached hydrogen (secondary N) is 1. The fourth-order valence-electron chi connectivity index (χ4n) is 1.96. The van der Waals surface area contributed by atoms with Crippen LogP contribution in [-0.4, -0.2) is 32.6 Å². The highest BCUT2D eigenvalue weighted by molar-refractivity contribution is 14.0. The van der Waals surface area contributed by atoms with E-state index in [4.69, 9.17) is 5.73 Å². The van der Waals surface area contributed by atoms with Crippen LogP contribution in [0.5, 0.6) is 0 Å². The van der Waals surface area contributed by atoms with Gasteiger partial charge in [0.2, 0.25) is 0 Å². The van der Waals surface area contributed by atoms with Gasteiger partial charge in [0.1, 0.15) is 0 Å². The van der Waals surface area contributed by atoms with Crippen molar-refractivity contribution < 1.29 is 0 Å². The van der Waals surface area contributed by atoms with Crippen LogP contribution in [0.15, 0.2) is 52.8 Å². The van der Waals surface area contributed by atoms with Crippen molar-refractivity contribution in [1.29, 1.82) is 0 Å². The minimum Gasteiger partial charge on any atom is -0.373 e. The zero-order valence-corrected chi connectivity index (χ0v) is 15.9. The molecule has 22 heavy (non-hydrogen) atoms. The molecule has 0 spiro atoms. The number of anilines is 1. The van der Waals surface area contributed by atoms with E-state index >= 15 is 0 Å². The molecule has 4 nitrogen and oxygen atoms in total. The Morgan fingerprint density at radius 2 is 2.00 bits per heavy atom. The monoisotopic (exact) mass is 430 g/mol. The molecule has 0 amide bonds. The van der Waals surface area contributed by atoms with Crippen molar-refractivity contribution in [3.63, 3.8) is 0 Å². The summed E-state index contributed by atoms with van der Waals surface area (Å²) in [6.45, 7) is 2.39. The van der Waals surface area contributed by atoms with Gasteiger partial charge in [0.05, 0.1) is 0 Å². The third kappa shape index (κ3) is 6.65. The second-order valence-electron chi connectivity index (χ2n) is 4.78. The van der Waals surface area contributed by atoms with Gasteiger partial charge >= 0.3 is 0 Å². The predicted molar refractivity (Wildman–Crippen MR) is 108 cm³/mol. The number of guanidine groups is 1. The predicted octanol–water partition coefficient (Wildman–Crippen LogP) is 2.95. The molecule has 0 radical (unpaired) electrons. The highest BCUT2D eigenvalue weighted by Gasteiger charge is 1.99. The third-order valence-corrected chi connectivity index (χ3v) is 4.11. The normalized spacial score (nSPS) is 10.9. The fourth-order valence-corrected chi connectivity index (χ4v) is 2.66. The Bertz CT molecular complexity index is 543. The lowest BCUT2D eigenvalue weighted by atomic mass is 10.3. The van der Waals surface area contributed by atoms with Gasteiger partial charge in [0.15, 0.2) is 5.96 Å². The van der Waals surface area contributed by atoms with E-state index in [0.717, 1.165) is 26.1 Å². The number of benzene rings is 1. The largest absolute Gasteiger partial charge is 0.373 e. The van der Waals surface area contributed by atoms with Crippen molar-refractivity contribution in [3.8, 4) is 0 Å². The molecule has 0 aliphatic rings. The lowest BCUT2D eigenvalue weighted by Crippen LogP contribution is -2.37. The van der Waals surface area contributed by atoms with Gasteiger partial charge in [-0.2, -0.15) is 0 Å². The number of rotatable bonds is 7. The Hall–Kier alpha value is -1.28. The summed E-state index contributed by atoms with van der Waals surface area (Å²) in [4.78, 5) is 7.87. The summed E-state index contributed by atoms with van der Waals surface area (Å²) in [6.07, 6.45) is 0.948. The first-order valence-electron chi connectivity index (χ1n) is 7.08. The van der Waals surface area contributed by atoms with Gasteiger partial charge in [-0.25, -0.2) is 0 Å². The first-order chi connectivity index (χ1) is 10.3. The van der Waals surface area contributed by atoms with Gasteiger partial charge in [-0.15, -0.1) is 35.3 Å². The van der Waals surface area contributed by atoms with E-state index in [-0.39, 0.29) is 24.0 Å². The standard InChI is InChI=1S/C16H22N4S.HI/c1-20(14-6-3-2-4-7-14)12-11-19-16(17)18-10-9-15-8-5-13-21-15;/h2-8,13H,9-12H2,1H3,(H3,17,18,19);1H. The molecule has 1 heterocycles. The van der Waals surface area contributed by atoms with Gasteiger partial charge in [-0.3, -0.25) is 4.99 Å². The molecule has 6 heteroatoms. The fraction of sp³-hybridized carbons (Fsp3) is 0.312. The van der Waals surface area contributed by atoms with E-state index in [9.17, 15) is 0 Å². The number of thiophene rings is 1. The number of likely N-dealkylation sites (N-methyl/N-ethyl adjacent to an activating group) is 1. The summed E-state index contributed by atoms with van der Waals surface area (Å²) in [5.74, 6) is 0.521. The number of hydrogen-bond donors (Lipinski definition) is 2. The maximum atomic E-state index is 5.86. The highest BCUT2D eigenvalue weighted by atomic mass is 127. The zero-order chi connectivity index (χ0) is 14.9. The van der Waals surface area contributed by atoms with Crippen LogP contribution in [0.2, 0.25) is 0 Å². The summed E-state index contributed by atoms with van der Waals surface area (Å²) in [5, 5.41) is 5.24. The van der Waals surface area contributed by atoms with Gasteiger partial charge in [-0.05, 0) is 23.6 Å². The van der Waals surface area contributed by atoms with Gasteiger partial charge < -0.3 is 16.0 Å². The Labute approximate surface area is 153 Å². The van der Waals surface area contributed by atoms with E-state index in [2.05, 4.69) is 51.9 Å². The quantitative estimate of drug-likeness (QED) is 0.404. The Morgan fingerprint density at radius 3 is 2.68 bits per heavy atom. The Kier molecular flexibility index (Phi) is 8.91. The van der Waals surface area contributed by atoms with Crippen molar-refractivity contribution in [3.05, 3.63) is 52.7 Å². The minimum atomic E-state index is 0. The molecular formula is C16H23IN4S. The van der Waals surface area contributed by atoms with E-state index in [1.54, 1.807) is 11.3 Å². The molecule has 2 rings (SSSR count). The van der Waals surface area contributed by atoms with E-state index in [0.29, 0.717) is 5.96 Å². The molecule has 1 aromatic heterocycles. The van der Waals surface area contributed by atoms with Crippen molar-refractivity contribution in [2.75, 3.05) is 31.6 Å².